The summed E-state index contributed by atoms with van der Waals surface area (Å²) in [7, 11) is 0. The highest BCUT2D eigenvalue weighted by atomic mass is 79.9. The molecule has 1 heteroatoms. The molecule has 0 aliphatic heterocycles. The fraction of sp³-hybridized carbons (Fsp3) is 0.429. The summed E-state index contributed by atoms with van der Waals surface area (Å²) in [5.74, 6) is 1.36. The van der Waals surface area contributed by atoms with Crippen LogP contribution >= 0.6 is 15.9 Å². The number of benzene rings is 1. The third-order valence-corrected chi connectivity index (χ3v) is 4.18. The SMILES string of the molecule is C=C(C)[C@H]1CCC[C@@H]1c1ccccc1Br. The zero-order valence-electron chi connectivity index (χ0n) is 9.17. The van der Waals surface area contributed by atoms with Gasteiger partial charge in [0.05, 0.1) is 0 Å². The van der Waals surface area contributed by atoms with Gasteiger partial charge in [0.2, 0.25) is 0 Å². The summed E-state index contributed by atoms with van der Waals surface area (Å²) in [6, 6.07) is 8.60. The van der Waals surface area contributed by atoms with Crippen LogP contribution < -0.4 is 0 Å². The maximum absolute atomic E-state index is 4.13. The lowest BCUT2D eigenvalue weighted by atomic mass is 9.85. The molecule has 0 N–H and O–H groups in total. The van der Waals surface area contributed by atoms with E-state index < -0.39 is 0 Å². The van der Waals surface area contributed by atoms with Crippen molar-refractivity contribution in [3.8, 4) is 0 Å². The Bertz CT molecular complexity index is 367. The van der Waals surface area contributed by atoms with Crippen molar-refractivity contribution in [2.24, 2.45) is 5.92 Å². The highest BCUT2D eigenvalue weighted by molar-refractivity contribution is 9.10. The summed E-state index contributed by atoms with van der Waals surface area (Å²) in [5.41, 5.74) is 2.80. The molecule has 0 bridgehead atoms. The summed E-state index contributed by atoms with van der Waals surface area (Å²) >= 11 is 3.65. The predicted octanol–water partition coefficient (Wildman–Crippen LogP) is 4.91. The van der Waals surface area contributed by atoms with E-state index in [2.05, 4.69) is 53.7 Å². The maximum atomic E-state index is 4.13. The summed E-state index contributed by atoms with van der Waals surface area (Å²) < 4.78 is 1.25. The molecule has 0 aromatic heterocycles. The minimum atomic E-state index is 0.679. The molecule has 0 radical (unpaired) electrons. The zero-order chi connectivity index (χ0) is 10.8. The van der Waals surface area contributed by atoms with E-state index in [1.807, 2.05) is 0 Å². The van der Waals surface area contributed by atoms with Crippen molar-refractivity contribution >= 4 is 15.9 Å². The molecule has 0 amide bonds. The second-order valence-corrected chi connectivity index (χ2v) is 5.37. The minimum Gasteiger partial charge on any atom is -0.0998 e. The van der Waals surface area contributed by atoms with E-state index in [4.69, 9.17) is 0 Å². The van der Waals surface area contributed by atoms with E-state index in [1.165, 1.54) is 34.9 Å². The second kappa shape index (κ2) is 4.52. The fourth-order valence-electron chi connectivity index (χ4n) is 2.70. The highest BCUT2D eigenvalue weighted by Crippen LogP contribution is 2.44. The van der Waals surface area contributed by atoms with Crippen LogP contribution in [0.25, 0.3) is 0 Å². The molecule has 15 heavy (non-hydrogen) atoms. The van der Waals surface area contributed by atoms with Gasteiger partial charge < -0.3 is 0 Å². The van der Waals surface area contributed by atoms with Gasteiger partial charge in [0.1, 0.15) is 0 Å². The van der Waals surface area contributed by atoms with Crippen LogP contribution in [-0.2, 0) is 0 Å². The van der Waals surface area contributed by atoms with Crippen molar-refractivity contribution in [3.63, 3.8) is 0 Å². The number of rotatable bonds is 2. The Kier molecular flexibility index (Phi) is 3.30. The van der Waals surface area contributed by atoms with E-state index in [-0.39, 0.29) is 0 Å². The van der Waals surface area contributed by atoms with Crippen molar-refractivity contribution < 1.29 is 0 Å². The molecule has 0 nitrogen and oxygen atoms in total. The third-order valence-electron chi connectivity index (χ3n) is 3.45. The zero-order valence-corrected chi connectivity index (χ0v) is 10.8. The third kappa shape index (κ3) is 2.17. The van der Waals surface area contributed by atoms with Crippen LogP contribution in [0, 0.1) is 5.92 Å². The van der Waals surface area contributed by atoms with Gasteiger partial charge in [-0.25, -0.2) is 0 Å². The summed E-state index contributed by atoms with van der Waals surface area (Å²) in [4.78, 5) is 0. The molecule has 2 rings (SSSR count). The van der Waals surface area contributed by atoms with Gasteiger partial charge in [0.15, 0.2) is 0 Å². The quantitative estimate of drug-likeness (QED) is 0.666. The van der Waals surface area contributed by atoms with E-state index in [0.29, 0.717) is 11.8 Å². The predicted molar refractivity (Wildman–Crippen MR) is 69.0 cm³/mol. The number of allylic oxidation sites excluding steroid dienone is 1. The van der Waals surface area contributed by atoms with Crippen molar-refractivity contribution in [1.29, 1.82) is 0 Å². The molecular weight excluding hydrogens is 248 g/mol. The van der Waals surface area contributed by atoms with Gasteiger partial charge in [-0.3, -0.25) is 0 Å². The van der Waals surface area contributed by atoms with E-state index in [9.17, 15) is 0 Å². The monoisotopic (exact) mass is 264 g/mol. The lowest BCUT2D eigenvalue weighted by molar-refractivity contribution is 0.559. The first-order chi connectivity index (χ1) is 7.20. The van der Waals surface area contributed by atoms with Gasteiger partial charge in [0, 0.05) is 4.47 Å². The Hall–Kier alpha value is -0.560. The topological polar surface area (TPSA) is 0 Å². The standard InChI is InChI=1S/C14H17Br/c1-10(2)11-7-5-8-12(11)13-6-3-4-9-14(13)15/h3-4,6,9,11-12H,1,5,7-8H2,2H3/t11-,12+/m1/s1. The van der Waals surface area contributed by atoms with Gasteiger partial charge in [-0.2, -0.15) is 0 Å². The molecule has 0 unspecified atom stereocenters. The summed E-state index contributed by atoms with van der Waals surface area (Å²) in [5, 5.41) is 0. The Morgan fingerprint density at radius 1 is 1.33 bits per heavy atom. The Balaban J connectivity index is 2.30. The van der Waals surface area contributed by atoms with Crippen LogP contribution in [0.15, 0.2) is 40.9 Å². The number of hydrogen-bond acceptors (Lipinski definition) is 0. The van der Waals surface area contributed by atoms with E-state index in [1.54, 1.807) is 0 Å². The van der Waals surface area contributed by atoms with Gasteiger partial charge in [-0.1, -0.05) is 52.7 Å². The van der Waals surface area contributed by atoms with Crippen LogP contribution in [0.4, 0.5) is 0 Å². The average Bonchev–Trinajstić information content (AvgIpc) is 2.67. The molecule has 1 aromatic rings. The van der Waals surface area contributed by atoms with Gasteiger partial charge in [-0.15, -0.1) is 0 Å². The molecule has 1 aliphatic carbocycles. The molecule has 80 valence electrons. The second-order valence-electron chi connectivity index (χ2n) is 4.51. The Morgan fingerprint density at radius 3 is 2.73 bits per heavy atom. The summed E-state index contributed by atoms with van der Waals surface area (Å²) in [6.07, 6.45) is 3.95. The first-order valence-corrected chi connectivity index (χ1v) is 6.39. The molecule has 0 spiro atoms. The lowest BCUT2D eigenvalue weighted by Gasteiger charge is -2.21. The molecule has 2 atom stereocenters. The normalized spacial score (nSPS) is 25.5. The fourth-order valence-corrected chi connectivity index (χ4v) is 3.28. The van der Waals surface area contributed by atoms with Gasteiger partial charge >= 0.3 is 0 Å². The highest BCUT2D eigenvalue weighted by Gasteiger charge is 2.29. The van der Waals surface area contributed by atoms with Crippen LogP contribution in [0.5, 0.6) is 0 Å². The smallest absolute Gasteiger partial charge is 0.0210 e. The van der Waals surface area contributed by atoms with Crippen LogP contribution in [0.2, 0.25) is 0 Å². The molecule has 0 saturated heterocycles. The van der Waals surface area contributed by atoms with Crippen molar-refractivity contribution in [2.45, 2.75) is 32.1 Å². The van der Waals surface area contributed by atoms with Crippen LogP contribution in [0.3, 0.4) is 0 Å². The van der Waals surface area contributed by atoms with Crippen molar-refractivity contribution in [2.75, 3.05) is 0 Å². The minimum absolute atomic E-state index is 0.679. The molecule has 1 aliphatic rings. The molecular formula is C14H17Br. The lowest BCUT2D eigenvalue weighted by Crippen LogP contribution is -2.07. The largest absolute Gasteiger partial charge is 0.0998 e. The maximum Gasteiger partial charge on any atom is 0.0210 e. The van der Waals surface area contributed by atoms with E-state index >= 15 is 0 Å². The van der Waals surface area contributed by atoms with Crippen LogP contribution in [-0.4, -0.2) is 0 Å². The van der Waals surface area contributed by atoms with Crippen molar-refractivity contribution in [3.05, 3.63) is 46.5 Å². The van der Waals surface area contributed by atoms with Crippen LogP contribution in [0.1, 0.15) is 37.7 Å². The number of hydrogen-bond donors (Lipinski definition) is 0. The first-order valence-electron chi connectivity index (χ1n) is 5.60. The summed E-state index contributed by atoms with van der Waals surface area (Å²) in [6.45, 7) is 6.29. The van der Waals surface area contributed by atoms with Gasteiger partial charge in [-0.05, 0) is 43.2 Å². The van der Waals surface area contributed by atoms with Crippen molar-refractivity contribution in [1.82, 2.24) is 0 Å². The molecule has 1 aromatic carbocycles. The number of halogens is 1. The van der Waals surface area contributed by atoms with Gasteiger partial charge in [0.25, 0.3) is 0 Å². The Morgan fingerprint density at radius 2 is 2.07 bits per heavy atom. The average molecular weight is 265 g/mol. The molecule has 1 saturated carbocycles. The molecule has 0 heterocycles. The first kappa shape index (κ1) is 10.9. The molecule has 1 fully saturated rings. The Labute approximate surface area is 101 Å². The van der Waals surface area contributed by atoms with E-state index in [0.717, 1.165) is 0 Å².